The molecule has 0 bridgehead atoms. The number of pyridine rings is 1. The van der Waals surface area contributed by atoms with Crippen molar-refractivity contribution in [3.8, 4) is 0 Å². The van der Waals surface area contributed by atoms with Crippen molar-refractivity contribution in [1.29, 1.82) is 0 Å². The normalized spacial score (nSPS) is 20.9. The van der Waals surface area contributed by atoms with Gasteiger partial charge in [-0.05, 0) is 53.5 Å². The Kier molecular flexibility index (Phi) is 5.40. The number of hydrogen-bond acceptors (Lipinski definition) is 5. The first-order chi connectivity index (χ1) is 15.0. The van der Waals surface area contributed by atoms with Gasteiger partial charge < -0.3 is 15.0 Å². The molecule has 1 saturated heterocycles. The molecule has 2 N–H and O–H groups in total. The van der Waals surface area contributed by atoms with Crippen LogP contribution in [0.4, 0.5) is 0 Å². The van der Waals surface area contributed by atoms with Crippen LogP contribution >= 0.6 is 11.6 Å². The summed E-state index contributed by atoms with van der Waals surface area (Å²) in [6.45, 7) is 6.00. The predicted molar refractivity (Wildman–Crippen MR) is 123 cm³/mol. The maximum absolute atomic E-state index is 11.7. The smallest absolute Gasteiger partial charge is 0.105 e. The van der Waals surface area contributed by atoms with Crippen LogP contribution in [0.2, 0.25) is 5.02 Å². The van der Waals surface area contributed by atoms with Crippen molar-refractivity contribution in [3.05, 3.63) is 82.7 Å². The van der Waals surface area contributed by atoms with E-state index in [4.69, 9.17) is 16.6 Å². The van der Waals surface area contributed by atoms with Gasteiger partial charge in [-0.25, -0.2) is 4.98 Å². The minimum atomic E-state index is -1.13. The minimum Gasteiger partial charge on any atom is -0.384 e. The molecule has 7 heteroatoms. The van der Waals surface area contributed by atoms with E-state index in [1.807, 2.05) is 42.1 Å². The third-order valence-corrected chi connectivity index (χ3v) is 6.41. The molecule has 0 spiro atoms. The average Bonchev–Trinajstić information content (AvgIpc) is 3.21. The Morgan fingerprint density at radius 1 is 1.23 bits per heavy atom. The number of benzene rings is 1. The fraction of sp³-hybridized carbons (Fsp3) is 0.333. The average molecular weight is 436 g/mol. The van der Waals surface area contributed by atoms with E-state index in [1.54, 1.807) is 12.5 Å². The van der Waals surface area contributed by atoms with Gasteiger partial charge in [0.2, 0.25) is 0 Å². The first-order valence-corrected chi connectivity index (χ1v) is 11.0. The number of aromatic nitrogens is 3. The highest BCUT2D eigenvalue weighted by Gasteiger charge is 2.36. The summed E-state index contributed by atoms with van der Waals surface area (Å²) in [6, 6.07) is 10.0. The minimum absolute atomic E-state index is 0.00311. The molecule has 6 nitrogen and oxygen atoms in total. The summed E-state index contributed by atoms with van der Waals surface area (Å²) in [5.74, 6) is 0. The highest BCUT2D eigenvalue weighted by atomic mass is 35.5. The van der Waals surface area contributed by atoms with E-state index in [1.165, 1.54) is 0 Å². The number of fused-ring (bicyclic) bond motifs is 2. The number of nitrogens with one attached hydrogen (secondary N) is 1. The highest BCUT2D eigenvalue weighted by Crippen LogP contribution is 2.43. The van der Waals surface area contributed by atoms with Crippen LogP contribution in [0.3, 0.4) is 0 Å². The molecule has 2 atom stereocenters. The zero-order valence-electron chi connectivity index (χ0n) is 17.5. The molecule has 3 heterocycles. The van der Waals surface area contributed by atoms with Gasteiger partial charge in [0, 0.05) is 49.8 Å². The molecule has 1 aliphatic heterocycles. The standard InChI is InChI=1S/C24H26ClN5O/c1-24(31,15-29-10-7-27-16-29)21-13-17-3-2-6-28-22(17)23(30-11-8-26-9-12-30)19-5-4-18(25)14-20(19)21/h2-7,10,13-14,16,23,26,31H,8-9,11-12,15H2,1H3. The summed E-state index contributed by atoms with van der Waals surface area (Å²) in [5, 5.41) is 15.8. The zero-order valence-corrected chi connectivity index (χ0v) is 18.3. The lowest BCUT2D eigenvalue weighted by molar-refractivity contribution is 0.103. The third-order valence-electron chi connectivity index (χ3n) is 6.18. The Morgan fingerprint density at radius 2 is 2.06 bits per heavy atom. The first kappa shape index (κ1) is 20.4. The Balaban J connectivity index is 1.70. The molecule has 2 aromatic heterocycles. The summed E-state index contributed by atoms with van der Waals surface area (Å²) in [5.41, 5.74) is 3.84. The second-order valence-corrected chi connectivity index (χ2v) is 8.90. The van der Waals surface area contributed by atoms with Crippen LogP contribution in [-0.2, 0) is 6.54 Å². The van der Waals surface area contributed by atoms with E-state index in [0.717, 1.165) is 54.1 Å². The van der Waals surface area contributed by atoms with Gasteiger partial charge >= 0.3 is 0 Å². The molecule has 5 rings (SSSR count). The van der Waals surface area contributed by atoms with Crippen LogP contribution in [0.5, 0.6) is 0 Å². The summed E-state index contributed by atoms with van der Waals surface area (Å²) in [4.78, 5) is 11.4. The van der Waals surface area contributed by atoms with Crippen LogP contribution in [0.1, 0.15) is 35.3 Å². The predicted octanol–water partition coefficient (Wildman–Crippen LogP) is 3.23. The van der Waals surface area contributed by atoms with Crippen LogP contribution in [-0.4, -0.2) is 56.3 Å². The van der Waals surface area contributed by atoms with Crippen molar-refractivity contribution in [3.63, 3.8) is 0 Å². The molecule has 2 aliphatic rings. The SMILES string of the molecule is CC(O)(Cn1ccnc1)C1=Cc2cccnc2C(N2CCNCC2)c2ccc(Cl)cc21. The molecule has 3 aromatic rings. The molecular formula is C24H26ClN5O. The third kappa shape index (κ3) is 3.92. The topological polar surface area (TPSA) is 66.2 Å². The van der Waals surface area contributed by atoms with Crippen LogP contribution in [0.25, 0.3) is 11.6 Å². The van der Waals surface area contributed by atoms with Crippen molar-refractivity contribution in [2.75, 3.05) is 26.2 Å². The van der Waals surface area contributed by atoms with E-state index in [-0.39, 0.29) is 6.04 Å². The van der Waals surface area contributed by atoms with Crippen molar-refractivity contribution >= 4 is 23.3 Å². The van der Waals surface area contributed by atoms with Crippen LogP contribution in [0.15, 0.2) is 55.2 Å². The highest BCUT2D eigenvalue weighted by molar-refractivity contribution is 6.30. The molecule has 0 amide bonds. The number of halogens is 1. The molecule has 2 unspecified atom stereocenters. The summed E-state index contributed by atoms with van der Waals surface area (Å²) in [7, 11) is 0. The summed E-state index contributed by atoms with van der Waals surface area (Å²) < 4.78 is 1.90. The lowest BCUT2D eigenvalue weighted by atomic mass is 9.85. The van der Waals surface area contributed by atoms with Crippen molar-refractivity contribution in [1.82, 2.24) is 24.8 Å². The lowest BCUT2D eigenvalue weighted by Crippen LogP contribution is -2.45. The molecule has 31 heavy (non-hydrogen) atoms. The van der Waals surface area contributed by atoms with E-state index >= 15 is 0 Å². The molecular weight excluding hydrogens is 410 g/mol. The number of imidazole rings is 1. The first-order valence-electron chi connectivity index (χ1n) is 10.6. The van der Waals surface area contributed by atoms with Gasteiger partial charge in [0.05, 0.1) is 24.6 Å². The van der Waals surface area contributed by atoms with Gasteiger partial charge in [0.25, 0.3) is 0 Å². The summed E-state index contributed by atoms with van der Waals surface area (Å²) >= 11 is 6.47. The second kappa shape index (κ2) is 8.20. The molecule has 1 aromatic carbocycles. The molecule has 1 fully saturated rings. The number of rotatable bonds is 4. The summed E-state index contributed by atoms with van der Waals surface area (Å²) in [6.07, 6.45) is 9.25. The van der Waals surface area contributed by atoms with Crippen LogP contribution in [0, 0.1) is 0 Å². The van der Waals surface area contributed by atoms with Gasteiger partial charge in [0.15, 0.2) is 0 Å². The molecule has 1 aliphatic carbocycles. The van der Waals surface area contributed by atoms with Gasteiger partial charge in [0.1, 0.15) is 5.60 Å². The monoisotopic (exact) mass is 435 g/mol. The maximum Gasteiger partial charge on any atom is 0.105 e. The number of nitrogens with zero attached hydrogens (tertiary/aromatic N) is 4. The quantitative estimate of drug-likeness (QED) is 0.658. The zero-order chi connectivity index (χ0) is 21.4. The number of aliphatic hydroxyl groups is 1. The largest absolute Gasteiger partial charge is 0.384 e. The lowest BCUT2D eigenvalue weighted by Gasteiger charge is -2.36. The van der Waals surface area contributed by atoms with E-state index in [0.29, 0.717) is 11.6 Å². The maximum atomic E-state index is 11.7. The van der Waals surface area contributed by atoms with Crippen molar-refractivity contribution in [2.45, 2.75) is 25.1 Å². The fourth-order valence-electron chi connectivity index (χ4n) is 4.74. The van der Waals surface area contributed by atoms with Gasteiger partial charge in [-0.1, -0.05) is 23.7 Å². The van der Waals surface area contributed by atoms with Crippen molar-refractivity contribution < 1.29 is 5.11 Å². The van der Waals surface area contributed by atoms with E-state index in [2.05, 4.69) is 33.4 Å². The van der Waals surface area contributed by atoms with Gasteiger partial charge in [-0.15, -0.1) is 0 Å². The Labute approximate surface area is 187 Å². The van der Waals surface area contributed by atoms with Crippen molar-refractivity contribution in [2.24, 2.45) is 0 Å². The second-order valence-electron chi connectivity index (χ2n) is 8.46. The molecule has 0 radical (unpaired) electrons. The Bertz CT molecular complexity index is 1100. The molecule has 0 saturated carbocycles. The fourth-order valence-corrected chi connectivity index (χ4v) is 4.91. The number of hydrogen-bond donors (Lipinski definition) is 2. The van der Waals surface area contributed by atoms with E-state index in [9.17, 15) is 5.11 Å². The van der Waals surface area contributed by atoms with Gasteiger partial charge in [-0.3, -0.25) is 9.88 Å². The van der Waals surface area contributed by atoms with E-state index < -0.39 is 5.60 Å². The van der Waals surface area contributed by atoms with Crippen LogP contribution < -0.4 is 5.32 Å². The Hall–Kier alpha value is -2.51. The van der Waals surface area contributed by atoms with Gasteiger partial charge in [-0.2, -0.15) is 0 Å². The molecule has 160 valence electrons. The Morgan fingerprint density at radius 3 is 2.84 bits per heavy atom. The number of piperazine rings is 1.